The number of anilines is 1. The standard InChI is InChI=1S/C20H21NO7S/c1-9-11-5-4-10(21-16-18(24)17(23)13(8-22)28-20(16)26)7-12(11)27-19(25)15(9)14-3-2-6-29-14/h2-7,13,16-18,20-24,26H,8H2,1H3/t13?,16-,17+,18?,20?/m0/s1. The van der Waals surface area contributed by atoms with Crippen LogP contribution in [0.15, 0.2) is 44.9 Å². The molecule has 1 aliphatic rings. The van der Waals surface area contributed by atoms with Crippen molar-refractivity contribution < 1.29 is 29.6 Å². The molecule has 1 fully saturated rings. The quantitative estimate of drug-likeness (QED) is 0.396. The van der Waals surface area contributed by atoms with E-state index in [1.54, 1.807) is 18.2 Å². The number of aliphatic hydroxyl groups is 4. The van der Waals surface area contributed by atoms with Crippen LogP contribution in [0.1, 0.15) is 5.56 Å². The Labute approximate surface area is 169 Å². The van der Waals surface area contributed by atoms with Crippen LogP contribution in [0.3, 0.4) is 0 Å². The Morgan fingerprint density at radius 1 is 1.17 bits per heavy atom. The average molecular weight is 419 g/mol. The van der Waals surface area contributed by atoms with Crippen LogP contribution in [0.25, 0.3) is 21.4 Å². The smallest absolute Gasteiger partial charge is 0.345 e. The summed E-state index contributed by atoms with van der Waals surface area (Å²) < 4.78 is 10.7. The molecule has 0 spiro atoms. The summed E-state index contributed by atoms with van der Waals surface area (Å²) >= 11 is 1.46. The number of hydrogen-bond acceptors (Lipinski definition) is 9. The van der Waals surface area contributed by atoms with Crippen LogP contribution < -0.4 is 10.9 Å². The molecule has 1 aromatic carbocycles. The van der Waals surface area contributed by atoms with Gasteiger partial charge in [-0.15, -0.1) is 11.3 Å². The van der Waals surface area contributed by atoms with E-state index in [-0.39, 0.29) is 0 Å². The third kappa shape index (κ3) is 3.57. The molecule has 4 rings (SSSR count). The van der Waals surface area contributed by atoms with Crippen LogP contribution in [0.4, 0.5) is 5.69 Å². The summed E-state index contributed by atoms with van der Waals surface area (Å²) in [6, 6.07) is 7.78. The van der Waals surface area contributed by atoms with Crippen molar-refractivity contribution in [3.05, 3.63) is 51.7 Å². The molecule has 0 saturated carbocycles. The van der Waals surface area contributed by atoms with Crippen molar-refractivity contribution in [3.63, 3.8) is 0 Å². The first-order valence-electron chi connectivity index (χ1n) is 9.09. The zero-order valence-corrected chi connectivity index (χ0v) is 16.3. The maximum atomic E-state index is 12.5. The topological polar surface area (TPSA) is 132 Å². The lowest BCUT2D eigenvalue weighted by Crippen LogP contribution is -2.61. The number of nitrogens with one attached hydrogen (secondary N) is 1. The summed E-state index contributed by atoms with van der Waals surface area (Å²) in [5.41, 5.74) is 1.69. The van der Waals surface area contributed by atoms with Crippen LogP contribution in [0.2, 0.25) is 0 Å². The van der Waals surface area contributed by atoms with Gasteiger partial charge in [-0.2, -0.15) is 0 Å². The molecule has 154 valence electrons. The van der Waals surface area contributed by atoms with E-state index < -0.39 is 42.9 Å². The summed E-state index contributed by atoms with van der Waals surface area (Å²) in [6.45, 7) is 1.32. The Bertz CT molecular complexity index is 1060. The normalized spacial score (nSPS) is 27.3. The van der Waals surface area contributed by atoms with Crippen molar-refractivity contribution in [3.8, 4) is 10.4 Å². The van der Waals surface area contributed by atoms with E-state index in [9.17, 15) is 20.1 Å². The fraction of sp³-hybridized carbons (Fsp3) is 0.350. The van der Waals surface area contributed by atoms with Gasteiger partial charge in [0.15, 0.2) is 6.29 Å². The van der Waals surface area contributed by atoms with E-state index >= 15 is 0 Å². The van der Waals surface area contributed by atoms with Gasteiger partial charge in [0, 0.05) is 22.0 Å². The average Bonchev–Trinajstić information content (AvgIpc) is 3.22. The summed E-state index contributed by atoms with van der Waals surface area (Å²) in [7, 11) is 0. The Morgan fingerprint density at radius 2 is 1.97 bits per heavy atom. The van der Waals surface area contributed by atoms with Crippen molar-refractivity contribution in [2.24, 2.45) is 0 Å². The van der Waals surface area contributed by atoms with E-state index in [1.165, 1.54) is 11.3 Å². The lowest BCUT2D eigenvalue weighted by atomic mass is 9.96. The van der Waals surface area contributed by atoms with Gasteiger partial charge in [0.05, 0.1) is 12.2 Å². The van der Waals surface area contributed by atoms with Crippen molar-refractivity contribution >= 4 is 28.0 Å². The number of fused-ring (bicyclic) bond motifs is 1. The fourth-order valence-corrected chi connectivity index (χ4v) is 4.41. The number of rotatable bonds is 4. The summed E-state index contributed by atoms with van der Waals surface area (Å²) in [4.78, 5) is 13.4. The third-order valence-electron chi connectivity index (χ3n) is 5.17. The van der Waals surface area contributed by atoms with E-state index in [4.69, 9.17) is 14.3 Å². The van der Waals surface area contributed by atoms with Gasteiger partial charge in [-0.3, -0.25) is 0 Å². The van der Waals surface area contributed by atoms with Crippen molar-refractivity contribution in [2.75, 3.05) is 11.9 Å². The van der Waals surface area contributed by atoms with Gasteiger partial charge in [0.1, 0.15) is 29.9 Å². The molecule has 3 aromatic rings. The number of hydrogen-bond donors (Lipinski definition) is 5. The zero-order chi connectivity index (χ0) is 20.7. The molecule has 5 atom stereocenters. The first-order valence-corrected chi connectivity index (χ1v) is 9.97. The second kappa shape index (κ2) is 7.86. The maximum Gasteiger partial charge on any atom is 0.345 e. The number of aryl methyl sites for hydroxylation is 1. The molecule has 9 heteroatoms. The van der Waals surface area contributed by atoms with E-state index in [2.05, 4.69) is 5.32 Å². The van der Waals surface area contributed by atoms with Crippen molar-refractivity contribution in [2.45, 2.75) is 37.6 Å². The molecule has 5 N–H and O–H groups in total. The minimum Gasteiger partial charge on any atom is -0.422 e. The predicted octanol–water partition coefficient (Wildman–Crippen LogP) is 1.04. The fourth-order valence-electron chi connectivity index (χ4n) is 3.60. The van der Waals surface area contributed by atoms with Gasteiger partial charge in [-0.1, -0.05) is 6.07 Å². The zero-order valence-electron chi connectivity index (χ0n) is 15.5. The number of thiophene rings is 1. The Kier molecular flexibility index (Phi) is 5.43. The molecule has 1 aliphatic heterocycles. The second-order valence-corrected chi connectivity index (χ2v) is 7.92. The molecule has 0 aliphatic carbocycles. The van der Waals surface area contributed by atoms with Gasteiger partial charge in [-0.25, -0.2) is 4.79 Å². The third-order valence-corrected chi connectivity index (χ3v) is 6.06. The molecular formula is C20H21NO7S. The molecule has 0 amide bonds. The molecular weight excluding hydrogens is 398 g/mol. The first kappa shape index (κ1) is 20.0. The van der Waals surface area contributed by atoms with E-state index in [0.717, 1.165) is 15.8 Å². The highest BCUT2D eigenvalue weighted by Gasteiger charge is 2.43. The second-order valence-electron chi connectivity index (χ2n) is 6.98. The van der Waals surface area contributed by atoms with Gasteiger partial charge in [-0.05, 0) is 36.1 Å². The van der Waals surface area contributed by atoms with E-state index in [1.807, 2.05) is 24.4 Å². The molecule has 0 bridgehead atoms. The lowest BCUT2D eigenvalue weighted by Gasteiger charge is -2.40. The highest BCUT2D eigenvalue weighted by atomic mass is 32.1. The summed E-state index contributed by atoms with van der Waals surface area (Å²) in [6.07, 6.45) is -5.27. The van der Waals surface area contributed by atoms with Crippen LogP contribution in [-0.2, 0) is 4.74 Å². The first-order chi connectivity index (χ1) is 13.9. The molecule has 2 aromatic heterocycles. The summed E-state index contributed by atoms with van der Waals surface area (Å²) in [5, 5.41) is 45.2. The number of benzene rings is 1. The van der Waals surface area contributed by atoms with E-state index in [0.29, 0.717) is 16.8 Å². The minimum absolute atomic E-state index is 0.354. The Balaban J connectivity index is 1.66. The van der Waals surface area contributed by atoms with Crippen molar-refractivity contribution in [1.82, 2.24) is 0 Å². The van der Waals surface area contributed by atoms with Gasteiger partial charge in [0.25, 0.3) is 0 Å². The lowest BCUT2D eigenvalue weighted by molar-refractivity contribution is -0.245. The Hall–Kier alpha value is -2.27. The highest BCUT2D eigenvalue weighted by Crippen LogP contribution is 2.31. The van der Waals surface area contributed by atoms with Gasteiger partial charge >= 0.3 is 5.63 Å². The molecule has 8 nitrogen and oxygen atoms in total. The number of ether oxygens (including phenoxy) is 1. The molecule has 29 heavy (non-hydrogen) atoms. The number of aliphatic hydroxyl groups excluding tert-OH is 4. The van der Waals surface area contributed by atoms with Crippen molar-refractivity contribution in [1.29, 1.82) is 0 Å². The van der Waals surface area contributed by atoms with Gasteiger partial charge in [0.2, 0.25) is 0 Å². The Morgan fingerprint density at radius 3 is 2.66 bits per heavy atom. The maximum absolute atomic E-state index is 12.5. The molecule has 3 unspecified atom stereocenters. The monoisotopic (exact) mass is 419 g/mol. The molecule has 0 radical (unpaired) electrons. The van der Waals surface area contributed by atoms with Crippen LogP contribution in [0, 0.1) is 6.92 Å². The molecule has 1 saturated heterocycles. The summed E-state index contributed by atoms with van der Waals surface area (Å²) in [5.74, 6) is 0. The SMILES string of the molecule is Cc1c(-c2cccs2)c(=O)oc2cc(N[C@@H]3C(O)OC(CO)[C@@H](O)C3O)ccc12. The van der Waals surface area contributed by atoms with Crippen LogP contribution in [0.5, 0.6) is 0 Å². The predicted molar refractivity (Wildman–Crippen MR) is 108 cm³/mol. The van der Waals surface area contributed by atoms with Crippen LogP contribution >= 0.6 is 11.3 Å². The van der Waals surface area contributed by atoms with Gasteiger partial charge < -0.3 is 34.9 Å². The highest BCUT2D eigenvalue weighted by molar-refractivity contribution is 7.13. The minimum atomic E-state index is -1.45. The largest absolute Gasteiger partial charge is 0.422 e. The van der Waals surface area contributed by atoms with Crippen LogP contribution in [-0.4, -0.2) is 57.7 Å². The molecule has 3 heterocycles.